The van der Waals surface area contributed by atoms with Crippen molar-refractivity contribution in [1.82, 2.24) is 4.90 Å². The Bertz CT molecular complexity index is 702. The molecule has 0 fully saturated rings. The number of halogens is 1. The molecule has 0 aromatic heterocycles. The highest BCUT2D eigenvalue weighted by atomic mass is 79.9. The molecule has 0 radical (unpaired) electrons. The van der Waals surface area contributed by atoms with Crippen LogP contribution in [-0.4, -0.2) is 17.9 Å². The van der Waals surface area contributed by atoms with Crippen LogP contribution in [0.1, 0.15) is 27.0 Å². The summed E-state index contributed by atoms with van der Waals surface area (Å²) in [6.45, 7) is 2.49. The van der Waals surface area contributed by atoms with Crippen molar-refractivity contribution < 1.29 is 4.79 Å². The first kappa shape index (κ1) is 15.3. The first-order valence-electron chi connectivity index (χ1n) is 6.52. The molecule has 2 aromatic carbocycles. The second-order valence-electron chi connectivity index (χ2n) is 4.95. The van der Waals surface area contributed by atoms with Crippen molar-refractivity contribution in [2.75, 3.05) is 7.05 Å². The van der Waals surface area contributed by atoms with E-state index in [9.17, 15) is 4.79 Å². The van der Waals surface area contributed by atoms with E-state index in [-0.39, 0.29) is 5.91 Å². The average Bonchev–Trinajstić information content (AvgIpc) is 2.47. The molecule has 0 heterocycles. The number of nitriles is 1. The molecule has 0 spiro atoms. The summed E-state index contributed by atoms with van der Waals surface area (Å²) in [5, 5.41) is 8.78. The lowest BCUT2D eigenvalue weighted by molar-refractivity contribution is 0.0784. The number of rotatable bonds is 3. The number of aryl methyl sites for hydroxylation is 1. The third kappa shape index (κ3) is 3.71. The summed E-state index contributed by atoms with van der Waals surface area (Å²) in [4.78, 5) is 14.1. The second-order valence-corrected chi connectivity index (χ2v) is 5.81. The van der Waals surface area contributed by atoms with E-state index >= 15 is 0 Å². The molecular weight excluding hydrogens is 328 g/mol. The van der Waals surface area contributed by atoms with Crippen LogP contribution in [0.2, 0.25) is 0 Å². The predicted molar refractivity (Wildman–Crippen MR) is 85.8 cm³/mol. The Labute approximate surface area is 132 Å². The van der Waals surface area contributed by atoms with Gasteiger partial charge >= 0.3 is 0 Å². The summed E-state index contributed by atoms with van der Waals surface area (Å²) in [7, 11) is 1.77. The fourth-order valence-electron chi connectivity index (χ4n) is 2.03. The zero-order chi connectivity index (χ0) is 15.4. The smallest absolute Gasteiger partial charge is 0.255 e. The maximum atomic E-state index is 12.4. The van der Waals surface area contributed by atoms with E-state index in [1.165, 1.54) is 0 Å². The lowest BCUT2D eigenvalue weighted by Crippen LogP contribution is -2.26. The highest BCUT2D eigenvalue weighted by Gasteiger charge is 2.15. The Morgan fingerprint density at radius 1 is 1.24 bits per heavy atom. The molecule has 0 atom stereocenters. The van der Waals surface area contributed by atoms with Crippen molar-refractivity contribution in [3.05, 3.63) is 69.2 Å². The van der Waals surface area contributed by atoms with E-state index in [2.05, 4.69) is 22.0 Å². The van der Waals surface area contributed by atoms with Crippen LogP contribution in [0.4, 0.5) is 0 Å². The fraction of sp³-hybridized carbons (Fsp3) is 0.176. The van der Waals surface area contributed by atoms with E-state index in [1.807, 2.05) is 37.3 Å². The standard InChI is InChI=1S/C17H15BrN2O/c1-12-3-8-15(16(18)9-12)17(21)20(2)11-14-6-4-13(10-19)5-7-14/h3-9H,11H2,1-2H3. The van der Waals surface area contributed by atoms with Gasteiger partial charge in [-0.1, -0.05) is 18.2 Å². The van der Waals surface area contributed by atoms with E-state index in [0.717, 1.165) is 15.6 Å². The van der Waals surface area contributed by atoms with Crippen molar-refractivity contribution in [3.8, 4) is 6.07 Å². The normalized spacial score (nSPS) is 10.0. The van der Waals surface area contributed by atoms with Gasteiger partial charge in [-0.3, -0.25) is 4.79 Å². The van der Waals surface area contributed by atoms with Crippen LogP contribution < -0.4 is 0 Å². The van der Waals surface area contributed by atoms with Crippen LogP contribution in [0.25, 0.3) is 0 Å². The van der Waals surface area contributed by atoms with Crippen LogP contribution in [0, 0.1) is 18.3 Å². The Morgan fingerprint density at radius 3 is 2.48 bits per heavy atom. The van der Waals surface area contributed by atoms with Gasteiger partial charge in [-0.25, -0.2) is 0 Å². The Balaban J connectivity index is 2.13. The minimum absolute atomic E-state index is 0.0359. The summed E-state index contributed by atoms with van der Waals surface area (Å²) >= 11 is 3.44. The highest BCUT2D eigenvalue weighted by Crippen LogP contribution is 2.20. The van der Waals surface area contributed by atoms with Crippen LogP contribution in [-0.2, 0) is 6.54 Å². The molecule has 3 nitrogen and oxygen atoms in total. The molecule has 0 unspecified atom stereocenters. The number of amides is 1. The number of carbonyl (C=O) groups is 1. The zero-order valence-electron chi connectivity index (χ0n) is 11.9. The van der Waals surface area contributed by atoms with E-state index < -0.39 is 0 Å². The molecule has 0 saturated heterocycles. The van der Waals surface area contributed by atoms with E-state index in [4.69, 9.17) is 5.26 Å². The predicted octanol–water partition coefficient (Wildman–Crippen LogP) is 3.90. The molecule has 1 amide bonds. The second kappa shape index (κ2) is 6.55. The van der Waals surface area contributed by atoms with Gasteiger partial charge in [0, 0.05) is 18.1 Å². The molecule has 0 aliphatic rings. The molecule has 0 saturated carbocycles. The first-order valence-corrected chi connectivity index (χ1v) is 7.31. The lowest BCUT2D eigenvalue weighted by Gasteiger charge is -2.18. The maximum Gasteiger partial charge on any atom is 0.255 e. The number of carbonyl (C=O) groups excluding carboxylic acids is 1. The molecule has 4 heteroatoms. The molecular formula is C17H15BrN2O. The largest absolute Gasteiger partial charge is 0.337 e. The zero-order valence-corrected chi connectivity index (χ0v) is 13.5. The third-order valence-corrected chi connectivity index (χ3v) is 3.86. The molecule has 0 aliphatic heterocycles. The Kier molecular flexibility index (Phi) is 4.77. The van der Waals surface area contributed by atoms with Crippen molar-refractivity contribution in [3.63, 3.8) is 0 Å². The summed E-state index contributed by atoms with van der Waals surface area (Å²) in [5.41, 5.74) is 3.37. The van der Waals surface area contributed by atoms with Gasteiger partial charge in [-0.2, -0.15) is 5.26 Å². The van der Waals surface area contributed by atoms with Crippen LogP contribution in [0.3, 0.4) is 0 Å². The van der Waals surface area contributed by atoms with Crippen LogP contribution in [0.15, 0.2) is 46.9 Å². The summed E-state index contributed by atoms with van der Waals surface area (Å²) in [6, 6.07) is 15.0. The SMILES string of the molecule is Cc1ccc(C(=O)N(C)Cc2ccc(C#N)cc2)c(Br)c1. The minimum Gasteiger partial charge on any atom is -0.337 e. The number of hydrogen-bond acceptors (Lipinski definition) is 2. The highest BCUT2D eigenvalue weighted by molar-refractivity contribution is 9.10. The Hall–Kier alpha value is -2.12. The topological polar surface area (TPSA) is 44.1 Å². The molecule has 0 N–H and O–H groups in total. The van der Waals surface area contributed by atoms with E-state index in [1.54, 1.807) is 24.1 Å². The number of benzene rings is 2. The van der Waals surface area contributed by atoms with Crippen molar-refractivity contribution in [2.45, 2.75) is 13.5 Å². The van der Waals surface area contributed by atoms with Gasteiger partial charge in [0.05, 0.1) is 17.2 Å². The molecule has 2 rings (SSSR count). The minimum atomic E-state index is -0.0359. The van der Waals surface area contributed by atoms with Crippen molar-refractivity contribution >= 4 is 21.8 Å². The first-order chi connectivity index (χ1) is 10.0. The van der Waals surface area contributed by atoms with Gasteiger partial charge in [0.2, 0.25) is 0 Å². The number of nitrogens with zero attached hydrogens (tertiary/aromatic N) is 2. The third-order valence-electron chi connectivity index (χ3n) is 3.20. The summed E-state index contributed by atoms with van der Waals surface area (Å²) in [6.07, 6.45) is 0. The summed E-state index contributed by atoms with van der Waals surface area (Å²) in [5.74, 6) is -0.0359. The monoisotopic (exact) mass is 342 g/mol. The van der Waals surface area contributed by atoms with Gasteiger partial charge in [0.25, 0.3) is 5.91 Å². The molecule has 106 valence electrons. The Morgan fingerprint density at radius 2 is 1.90 bits per heavy atom. The lowest BCUT2D eigenvalue weighted by atomic mass is 10.1. The quantitative estimate of drug-likeness (QED) is 0.848. The molecule has 0 aliphatic carbocycles. The van der Waals surface area contributed by atoms with Crippen LogP contribution in [0.5, 0.6) is 0 Å². The molecule has 21 heavy (non-hydrogen) atoms. The average molecular weight is 343 g/mol. The van der Waals surface area contributed by atoms with Crippen molar-refractivity contribution in [1.29, 1.82) is 5.26 Å². The van der Waals surface area contributed by atoms with Gasteiger partial charge in [-0.15, -0.1) is 0 Å². The molecule has 0 bridgehead atoms. The summed E-state index contributed by atoms with van der Waals surface area (Å²) < 4.78 is 0.805. The van der Waals surface area contributed by atoms with Gasteiger partial charge in [-0.05, 0) is 58.2 Å². The van der Waals surface area contributed by atoms with Crippen molar-refractivity contribution in [2.24, 2.45) is 0 Å². The van der Waals surface area contributed by atoms with Gasteiger partial charge in [0.15, 0.2) is 0 Å². The van der Waals surface area contributed by atoms with Gasteiger partial charge < -0.3 is 4.90 Å². The van der Waals surface area contributed by atoms with Gasteiger partial charge in [0.1, 0.15) is 0 Å². The molecule has 2 aromatic rings. The van der Waals surface area contributed by atoms with E-state index in [0.29, 0.717) is 17.7 Å². The maximum absolute atomic E-state index is 12.4. The number of hydrogen-bond donors (Lipinski definition) is 0. The van der Waals surface area contributed by atoms with Crippen LogP contribution >= 0.6 is 15.9 Å². The fourth-order valence-corrected chi connectivity index (χ4v) is 2.69.